The molecule has 1 atom stereocenters. The molecule has 130 valence electrons. The van der Waals surface area contributed by atoms with Gasteiger partial charge in [0.15, 0.2) is 0 Å². The van der Waals surface area contributed by atoms with Crippen LogP contribution in [0.2, 0.25) is 0 Å². The number of amides is 3. The van der Waals surface area contributed by atoms with Crippen molar-refractivity contribution in [3.63, 3.8) is 0 Å². The fourth-order valence-corrected chi connectivity index (χ4v) is 2.79. The van der Waals surface area contributed by atoms with Gasteiger partial charge in [-0.2, -0.15) is 0 Å². The fourth-order valence-electron chi connectivity index (χ4n) is 2.79. The molecular formula is C17H24N4O3. The van der Waals surface area contributed by atoms with Crippen LogP contribution in [0, 0.1) is 0 Å². The molecule has 0 spiro atoms. The second-order valence-corrected chi connectivity index (χ2v) is 6.04. The molecule has 0 aliphatic carbocycles. The molecule has 7 nitrogen and oxygen atoms in total. The summed E-state index contributed by atoms with van der Waals surface area (Å²) in [7, 11) is 5.34. The Labute approximate surface area is 142 Å². The van der Waals surface area contributed by atoms with Gasteiger partial charge in [0.05, 0.1) is 6.54 Å². The van der Waals surface area contributed by atoms with E-state index in [9.17, 15) is 14.4 Å². The van der Waals surface area contributed by atoms with Crippen molar-refractivity contribution >= 4 is 23.4 Å². The van der Waals surface area contributed by atoms with Crippen LogP contribution in [0.5, 0.6) is 0 Å². The maximum absolute atomic E-state index is 12.9. The van der Waals surface area contributed by atoms with Gasteiger partial charge in [0.2, 0.25) is 11.8 Å². The van der Waals surface area contributed by atoms with Crippen molar-refractivity contribution in [1.82, 2.24) is 15.1 Å². The van der Waals surface area contributed by atoms with Crippen molar-refractivity contribution in [1.29, 1.82) is 0 Å². The zero-order chi connectivity index (χ0) is 17.9. The molecule has 7 heteroatoms. The summed E-state index contributed by atoms with van der Waals surface area (Å²) in [6.07, 6.45) is 0. The molecule has 1 aliphatic heterocycles. The summed E-state index contributed by atoms with van der Waals surface area (Å²) in [5.41, 5.74) is 1.45. The average molecular weight is 332 g/mol. The Morgan fingerprint density at radius 1 is 1.21 bits per heavy atom. The van der Waals surface area contributed by atoms with Gasteiger partial charge in [0.1, 0.15) is 6.04 Å². The number of benzene rings is 1. The van der Waals surface area contributed by atoms with E-state index in [1.54, 1.807) is 21.9 Å². The normalized spacial score (nSPS) is 17.4. The topological polar surface area (TPSA) is 73.0 Å². The molecule has 0 bridgehead atoms. The predicted octanol–water partition coefficient (Wildman–Crippen LogP) is 0.172. The lowest BCUT2D eigenvalue weighted by molar-refractivity contribution is -0.135. The van der Waals surface area contributed by atoms with Crippen molar-refractivity contribution in [3.8, 4) is 0 Å². The second-order valence-electron chi connectivity index (χ2n) is 6.04. The molecule has 0 saturated carbocycles. The molecule has 2 rings (SSSR count). The van der Waals surface area contributed by atoms with Gasteiger partial charge in [-0.05, 0) is 18.2 Å². The monoisotopic (exact) mass is 332 g/mol. The highest BCUT2D eigenvalue weighted by Gasteiger charge is 2.36. The third-order valence-corrected chi connectivity index (χ3v) is 4.25. The highest BCUT2D eigenvalue weighted by atomic mass is 16.2. The molecule has 0 unspecified atom stereocenters. The first-order valence-electron chi connectivity index (χ1n) is 7.90. The minimum Gasteiger partial charge on any atom is -0.378 e. The van der Waals surface area contributed by atoms with E-state index >= 15 is 0 Å². The molecular weight excluding hydrogens is 308 g/mol. The lowest BCUT2D eigenvalue weighted by Crippen LogP contribution is -2.61. The van der Waals surface area contributed by atoms with Gasteiger partial charge < -0.3 is 20.0 Å². The summed E-state index contributed by atoms with van der Waals surface area (Å²) in [6.45, 7) is 2.46. The summed E-state index contributed by atoms with van der Waals surface area (Å²) in [4.78, 5) is 41.8. The maximum Gasteiger partial charge on any atom is 0.254 e. The number of piperazine rings is 1. The Balaban J connectivity index is 2.27. The summed E-state index contributed by atoms with van der Waals surface area (Å²) in [5, 5.41) is 2.58. The first-order chi connectivity index (χ1) is 11.3. The minimum absolute atomic E-state index is 0.0920. The van der Waals surface area contributed by atoms with Crippen molar-refractivity contribution < 1.29 is 14.4 Å². The van der Waals surface area contributed by atoms with Gasteiger partial charge in [-0.1, -0.05) is 6.07 Å². The Kier molecular flexibility index (Phi) is 5.43. The zero-order valence-electron chi connectivity index (χ0n) is 14.6. The summed E-state index contributed by atoms with van der Waals surface area (Å²) in [6, 6.07) is 6.61. The van der Waals surface area contributed by atoms with Crippen molar-refractivity contribution in [3.05, 3.63) is 29.8 Å². The van der Waals surface area contributed by atoms with Gasteiger partial charge in [0, 0.05) is 52.4 Å². The number of hydrogen-bond donors (Lipinski definition) is 1. The van der Waals surface area contributed by atoms with Crippen LogP contribution in [0.15, 0.2) is 24.3 Å². The number of likely N-dealkylation sites (N-methyl/N-ethyl adjacent to an activating group) is 1. The first kappa shape index (κ1) is 17.8. The minimum atomic E-state index is -0.678. The van der Waals surface area contributed by atoms with Crippen molar-refractivity contribution in [2.24, 2.45) is 0 Å². The third-order valence-electron chi connectivity index (χ3n) is 4.25. The second kappa shape index (κ2) is 7.33. The SMILES string of the molecule is CNC(=O)[C@H]1CN(C(C)=O)CCN1C(=O)c1cccc(N(C)C)c1. The van der Waals surface area contributed by atoms with Crippen LogP contribution < -0.4 is 10.2 Å². The third kappa shape index (κ3) is 3.67. The number of hydrogen-bond acceptors (Lipinski definition) is 4. The van der Waals surface area contributed by atoms with E-state index in [2.05, 4.69) is 5.32 Å². The molecule has 1 aliphatic rings. The van der Waals surface area contributed by atoms with Crippen LogP contribution in [-0.4, -0.2) is 74.3 Å². The molecule has 1 aromatic carbocycles. The molecule has 0 aromatic heterocycles. The van der Waals surface area contributed by atoms with Crippen LogP contribution in [0.1, 0.15) is 17.3 Å². The van der Waals surface area contributed by atoms with E-state index in [1.165, 1.54) is 14.0 Å². The number of nitrogens with zero attached hydrogens (tertiary/aromatic N) is 3. The van der Waals surface area contributed by atoms with Gasteiger partial charge in [-0.3, -0.25) is 14.4 Å². The Morgan fingerprint density at radius 3 is 2.50 bits per heavy atom. The molecule has 1 fully saturated rings. The van der Waals surface area contributed by atoms with Crippen LogP contribution in [0.25, 0.3) is 0 Å². The van der Waals surface area contributed by atoms with E-state index in [0.29, 0.717) is 18.7 Å². The lowest BCUT2D eigenvalue weighted by atomic mass is 10.1. The number of anilines is 1. The molecule has 0 radical (unpaired) electrons. The summed E-state index contributed by atoms with van der Waals surface area (Å²) in [5.74, 6) is -0.556. The summed E-state index contributed by atoms with van der Waals surface area (Å²) >= 11 is 0. The van der Waals surface area contributed by atoms with E-state index in [4.69, 9.17) is 0 Å². The van der Waals surface area contributed by atoms with Gasteiger partial charge in [0.25, 0.3) is 5.91 Å². The summed E-state index contributed by atoms with van der Waals surface area (Å²) < 4.78 is 0. The van der Waals surface area contributed by atoms with E-state index in [-0.39, 0.29) is 24.3 Å². The van der Waals surface area contributed by atoms with Crippen molar-refractivity contribution in [2.75, 3.05) is 45.7 Å². The van der Waals surface area contributed by atoms with E-state index in [1.807, 2.05) is 31.1 Å². The standard InChI is InChI=1S/C17H24N4O3/c1-12(22)20-8-9-21(15(11-20)16(23)18-2)17(24)13-6-5-7-14(10-13)19(3)4/h5-7,10,15H,8-9,11H2,1-4H3,(H,18,23)/t15-/m1/s1. The molecule has 1 N–H and O–H groups in total. The highest BCUT2D eigenvalue weighted by Crippen LogP contribution is 2.18. The van der Waals surface area contributed by atoms with Crippen LogP contribution in [-0.2, 0) is 9.59 Å². The molecule has 3 amide bonds. The Hall–Kier alpha value is -2.57. The number of carbonyl (C=O) groups is 3. The number of nitrogens with one attached hydrogen (secondary N) is 1. The molecule has 1 heterocycles. The van der Waals surface area contributed by atoms with Crippen LogP contribution >= 0.6 is 0 Å². The molecule has 1 saturated heterocycles. The van der Waals surface area contributed by atoms with E-state index < -0.39 is 6.04 Å². The number of rotatable bonds is 3. The predicted molar refractivity (Wildman–Crippen MR) is 91.9 cm³/mol. The van der Waals surface area contributed by atoms with Gasteiger partial charge in [-0.25, -0.2) is 0 Å². The highest BCUT2D eigenvalue weighted by molar-refractivity contribution is 5.98. The average Bonchev–Trinajstić information content (AvgIpc) is 2.59. The zero-order valence-corrected chi connectivity index (χ0v) is 14.6. The Morgan fingerprint density at radius 2 is 1.92 bits per heavy atom. The number of carbonyl (C=O) groups excluding carboxylic acids is 3. The quantitative estimate of drug-likeness (QED) is 0.856. The fraction of sp³-hybridized carbons (Fsp3) is 0.471. The van der Waals surface area contributed by atoms with E-state index in [0.717, 1.165) is 5.69 Å². The van der Waals surface area contributed by atoms with Gasteiger partial charge >= 0.3 is 0 Å². The maximum atomic E-state index is 12.9. The smallest absolute Gasteiger partial charge is 0.254 e. The van der Waals surface area contributed by atoms with Gasteiger partial charge in [-0.15, -0.1) is 0 Å². The lowest BCUT2D eigenvalue weighted by Gasteiger charge is -2.40. The van der Waals surface area contributed by atoms with Crippen LogP contribution in [0.3, 0.4) is 0 Å². The van der Waals surface area contributed by atoms with Crippen LogP contribution in [0.4, 0.5) is 5.69 Å². The Bertz CT molecular complexity index is 644. The molecule has 1 aromatic rings. The van der Waals surface area contributed by atoms with Crippen molar-refractivity contribution in [2.45, 2.75) is 13.0 Å². The largest absolute Gasteiger partial charge is 0.378 e. The first-order valence-corrected chi connectivity index (χ1v) is 7.90. The molecule has 24 heavy (non-hydrogen) atoms.